The van der Waals surface area contributed by atoms with Crippen molar-refractivity contribution in [1.82, 2.24) is 19.4 Å². The van der Waals surface area contributed by atoms with Gasteiger partial charge >= 0.3 is 0 Å². The summed E-state index contributed by atoms with van der Waals surface area (Å²) in [6.45, 7) is 0. The van der Waals surface area contributed by atoms with Crippen molar-refractivity contribution in [3.8, 4) is 22.3 Å². The molecule has 2 aliphatic carbocycles. The summed E-state index contributed by atoms with van der Waals surface area (Å²) >= 11 is 0. The van der Waals surface area contributed by atoms with Gasteiger partial charge in [-0.1, -0.05) is 48.5 Å². The summed E-state index contributed by atoms with van der Waals surface area (Å²) in [4.78, 5) is 13.9. The summed E-state index contributed by atoms with van der Waals surface area (Å²) in [5.41, 5.74) is 15.3. The number of pyridine rings is 3. The molecule has 4 nitrogen and oxygen atoms in total. The topological polar surface area (TPSA) is 43.1 Å². The fraction of sp³-hybridized carbons (Fsp3) is 0.0645. The highest BCUT2D eigenvalue weighted by Gasteiger charge is 2.30. The molecule has 4 aromatic heterocycles. The first kappa shape index (κ1) is 17.8. The van der Waals surface area contributed by atoms with E-state index in [0.717, 1.165) is 35.0 Å². The van der Waals surface area contributed by atoms with E-state index < -0.39 is 0 Å². The first-order chi connectivity index (χ1) is 17.4. The smallest absolute Gasteiger partial charge is 0.147 e. The molecule has 4 heterocycles. The second-order valence-corrected chi connectivity index (χ2v) is 9.68. The number of rotatable bonds is 0. The van der Waals surface area contributed by atoms with Crippen LogP contribution in [0.1, 0.15) is 22.3 Å². The second-order valence-electron chi connectivity index (χ2n) is 9.68. The average molecular weight is 447 g/mol. The van der Waals surface area contributed by atoms with Crippen LogP contribution in [0.4, 0.5) is 0 Å². The molecule has 162 valence electrons. The summed E-state index contributed by atoms with van der Waals surface area (Å²) in [5, 5.41) is 3.66. The van der Waals surface area contributed by atoms with Crippen molar-refractivity contribution >= 4 is 38.4 Å². The van der Waals surface area contributed by atoms with E-state index in [1.807, 2.05) is 24.8 Å². The van der Waals surface area contributed by atoms with E-state index in [-0.39, 0.29) is 0 Å². The number of imidazole rings is 1. The molecule has 0 unspecified atom stereocenters. The Kier molecular flexibility index (Phi) is 3.11. The molecule has 9 rings (SSSR count). The minimum absolute atomic E-state index is 0.908. The molecule has 2 aliphatic rings. The summed E-state index contributed by atoms with van der Waals surface area (Å²) in [7, 11) is 0. The number of hydrogen-bond donors (Lipinski definition) is 0. The normalized spacial score (nSPS) is 13.5. The Hall–Kier alpha value is -4.57. The molecule has 0 fully saturated rings. The van der Waals surface area contributed by atoms with Gasteiger partial charge in [0.05, 0.1) is 23.4 Å². The molecule has 0 atom stereocenters. The Morgan fingerprint density at radius 3 is 2.46 bits per heavy atom. The highest BCUT2D eigenvalue weighted by molar-refractivity contribution is 6.19. The quantitative estimate of drug-likeness (QED) is 0.243. The van der Waals surface area contributed by atoms with Gasteiger partial charge in [0.25, 0.3) is 0 Å². The minimum atomic E-state index is 0.908. The number of aromatic nitrogens is 4. The molecule has 0 saturated carbocycles. The maximum absolute atomic E-state index is 5.12. The molecule has 0 spiro atoms. The first-order valence-electron chi connectivity index (χ1n) is 12.0. The summed E-state index contributed by atoms with van der Waals surface area (Å²) in [6.07, 6.45) is 9.53. The lowest BCUT2D eigenvalue weighted by Gasteiger charge is -2.13. The van der Waals surface area contributed by atoms with Crippen molar-refractivity contribution in [2.24, 2.45) is 0 Å². The molecule has 35 heavy (non-hydrogen) atoms. The number of benzene rings is 3. The van der Waals surface area contributed by atoms with Crippen molar-refractivity contribution in [2.45, 2.75) is 12.8 Å². The fourth-order valence-electron chi connectivity index (χ4n) is 6.59. The Morgan fingerprint density at radius 1 is 0.629 bits per heavy atom. The van der Waals surface area contributed by atoms with E-state index >= 15 is 0 Å². The number of nitrogens with zero attached hydrogens (tertiary/aromatic N) is 4. The van der Waals surface area contributed by atoms with Gasteiger partial charge < -0.3 is 0 Å². The molecule has 3 aromatic carbocycles. The van der Waals surface area contributed by atoms with Crippen LogP contribution in [0.15, 0.2) is 85.5 Å². The van der Waals surface area contributed by atoms with Crippen LogP contribution in [-0.2, 0) is 12.8 Å². The Morgan fingerprint density at radius 2 is 1.46 bits per heavy atom. The second kappa shape index (κ2) is 6.10. The molecular weight excluding hydrogens is 428 g/mol. The summed E-state index contributed by atoms with van der Waals surface area (Å²) < 4.78 is 2.27. The maximum atomic E-state index is 5.12. The Balaban J connectivity index is 1.45. The number of hydrogen-bond acceptors (Lipinski definition) is 3. The van der Waals surface area contributed by atoms with E-state index in [1.165, 1.54) is 60.7 Å². The van der Waals surface area contributed by atoms with Crippen LogP contribution in [0.2, 0.25) is 0 Å². The third-order valence-electron chi connectivity index (χ3n) is 8.05. The van der Waals surface area contributed by atoms with E-state index in [2.05, 4.69) is 75.0 Å². The van der Waals surface area contributed by atoms with Crippen molar-refractivity contribution in [3.05, 3.63) is 108 Å². The molecule has 7 aromatic rings. The van der Waals surface area contributed by atoms with E-state index in [4.69, 9.17) is 4.98 Å². The van der Waals surface area contributed by atoms with Crippen molar-refractivity contribution in [2.75, 3.05) is 0 Å². The monoisotopic (exact) mass is 446 g/mol. The van der Waals surface area contributed by atoms with Crippen LogP contribution >= 0.6 is 0 Å². The average Bonchev–Trinajstić information content (AvgIpc) is 3.59. The highest BCUT2D eigenvalue weighted by Crippen LogP contribution is 2.49. The Bertz CT molecular complexity index is 2070. The molecule has 0 N–H and O–H groups in total. The fourth-order valence-corrected chi connectivity index (χ4v) is 6.59. The predicted molar refractivity (Wildman–Crippen MR) is 140 cm³/mol. The largest absolute Gasteiger partial charge is 0.290 e. The van der Waals surface area contributed by atoms with Crippen molar-refractivity contribution in [1.29, 1.82) is 0 Å². The van der Waals surface area contributed by atoms with Crippen LogP contribution < -0.4 is 0 Å². The molecule has 4 heteroatoms. The molecular formula is C31H18N4. The maximum Gasteiger partial charge on any atom is 0.147 e. The molecule has 0 bridgehead atoms. The van der Waals surface area contributed by atoms with Crippen LogP contribution in [0.5, 0.6) is 0 Å². The van der Waals surface area contributed by atoms with Crippen molar-refractivity contribution in [3.63, 3.8) is 0 Å². The van der Waals surface area contributed by atoms with Crippen LogP contribution in [0, 0.1) is 0 Å². The standard InChI is InChI=1S/C31H18N4/c1-2-4-19-17(3-1)13-24-20(19)7-8-23-25(24)14-18-5-6-22-21-9-11-33-16-28(21)35-27-10-12-32-15-26(27)34-31(35)30(22)29(18)23/h1-12,15-16H,13-14H2. The zero-order valence-electron chi connectivity index (χ0n) is 18.8. The predicted octanol–water partition coefficient (Wildman–Crippen LogP) is 6.73. The minimum Gasteiger partial charge on any atom is -0.290 e. The third kappa shape index (κ3) is 2.11. The van der Waals surface area contributed by atoms with Gasteiger partial charge in [0.1, 0.15) is 11.2 Å². The van der Waals surface area contributed by atoms with Crippen molar-refractivity contribution < 1.29 is 0 Å². The van der Waals surface area contributed by atoms with E-state index in [9.17, 15) is 0 Å². The SMILES string of the molecule is c1ccc2c(c1)Cc1c-2ccc2c1Cc1ccc3c4ccncc4n4c5ccncc5nc4c3c1-2. The third-order valence-corrected chi connectivity index (χ3v) is 8.05. The molecule has 0 radical (unpaired) electrons. The lowest BCUT2D eigenvalue weighted by Crippen LogP contribution is -1.94. The first-order valence-corrected chi connectivity index (χ1v) is 12.0. The number of fused-ring (bicyclic) bond motifs is 16. The zero-order valence-corrected chi connectivity index (χ0v) is 18.8. The summed E-state index contributed by atoms with van der Waals surface area (Å²) in [6, 6.07) is 22.3. The van der Waals surface area contributed by atoms with Crippen LogP contribution in [0.3, 0.4) is 0 Å². The molecule has 0 saturated heterocycles. The van der Waals surface area contributed by atoms with Gasteiger partial charge in [-0.05, 0) is 74.9 Å². The van der Waals surface area contributed by atoms with Crippen LogP contribution in [0.25, 0.3) is 60.6 Å². The van der Waals surface area contributed by atoms with Gasteiger partial charge in [-0.25, -0.2) is 4.98 Å². The summed E-state index contributed by atoms with van der Waals surface area (Å²) in [5.74, 6) is 0. The van der Waals surface area contributed by atoms with Gasteiger partial charge in [0, 0.05) is 23.2 Å². The Labute approximate surface area is 200 Å². The van der Waals surface area contributed by atoms with Crippen LogP contribution in [-0.4, -0.2) is 19.4 Å². The van der Waals surface area contributed by atoms with Gasteiger partial charge in [-0.3, -0.25) is 14.4 Å². The lowest BCUT2D eigenvalue weighted by molar-refractivity contribution is 1.16. The zero-order chi connectivity index (χ0) is 22.7. The van der Waals surface area contributed by atoms with Gasteiger partial charge in [0.15, 0.2) is 0 Å². The molecule has 0 aliphatic heterocycles. The molecule has 0 amide bonds. The van der Waals surface area contributed by atoms with Gasteiger partial charge in [-0.15, -0.1) is 0 Å². The van der Waals surface area contributed by atoms with Gasteiger partial charge in [0.2, 0.25) is 0 Å². The van der Waals surface area contributed by atoms with E-state index in [1.54, 1.807) is 0 Å². The van der Waals surface area contributed by atoms with Gasteiger partial charge in [-0.2, -0.15) is 0 Å². The lowest BCUT2D eigenvalue weighted by atomic mass is 9.94. The highest BCUT2D eigenvalue weighted by atomic mass is 15.0. The van der Waals surface area contributed by atoms with E-state index in [0.29, 0.717) is 0 Å².